The van der Waals surface area contributed by atoms with Gasteiger partial charge in [0.15, 0.2) is 0 Å². The molecule has 0 spiro atoms. The van der Waals surface area contributed by atoms with Crippen LogP contribution in [-0.2, 0) is 16.6 Å². The van der Waals surface area contributed by atoms with E-state index in [2.05, 4.69) is 5.10 Å². The molecule has 0 aliphatic carbocycles. The van der Waals surface area contributed by atoms with Gasteiger partial charge in [-0.1, -0.05) is 0 Å². The van der Waals surface area contributed by atoms with E-state index in [1.54, 1.807) is 6.92 Å². The fraction of sp³-hybridized carbons (Fsp3) is 0.400. The van der Waals surface area contributed by atoms with E-state index in [9.17, 15) is 4.79 Å². The lowest BCUT2D eigenvalue weighted by Gasteiger charge is -2.18. The molecule has 0 radical (unpaired) electrons. The predicted octanol–water partition coefficient (Wildman–Crippen LogP) is 1.67. The molecular formula is C15H21N4O2S+. The van der Waals surface area contributed by atoms with Crippen LogP contribution in [0, 0.1) is 11.7 Å². The number of carbonyl (C=O) groups is 1. The van der Waals surface area contributed by atoms with Crippen molar-refractivity contribution in [3.8, 4) is 5.69 Å². The minimum absolute atomic E-state index is 0.227. The fourth-order valence-corrected chi connectivity index (χ4v) is 2.60. The van der Waals surface area contributed by atoms with Crippen molar-refractivity contribution in [2.24, 2.45) is 7.05 Å². The van der Waals surface area contributed by atoms with Gasteiger partial charge in [0.2, 0.25) is 5.82 Å². The number of aromatic amines is 1. The lowest BCUT2D eigenvalue weighted by atomic mass is 10.2. The molecule has 118 valence electrons. The number of benzene rings is 1. The molecule has 2 rings (SSSR count). The zero-order valence-electron chi connectivity index (χ0n) is 13.3. The summed E-state index contributed by atoms with van der Waals surface area (Å²) in [5.41, 5.74) is 1.92. The van der Waals surface area contributed by atoms with Gasteiger partial charge in [0.1, 0.15) is 12.2 Å². The van der Waals surface area contributed by atoms with Gasteiger partial charge in [-0.25, -0.2) is 0 Å². The number of likely N-dealkylation sites (N-methyl/N-ethyl adjacent to an activating group) is 1. The molecule has 6 nitrogen and oxygen atoms in total. The molecule has 0 saturated carbocycles. The van der Waals surface area contributed by atoms with E-state index in [1.165, 1.54) is 0 Å². The normalized spacial score (nSPS) is 10.5. The van der Waals surface area contributed by atoms with E-state index in [0.29, 0.717) is 11.4 Å². The van der Waals surface area contributed by atoms with Gasteiger partial charge in [0, 0.05) is 19.7 Å². The van der Waals surface area contributed by atoms with Crippen LogP contribution in [0.25, 0.3) is 5.69 Å². The smallest absolute Gasteiger partial charge is 0.328 e. The highest BCUT2D eigenvalue weighted by Gasteiger charge is 2.14. The number of hydrogen-bond donors (Lipinski definition) is 1. The molecule has 0 bridgehead atoms. The second-order valence-electron chi connectivity index (χ2n) is 5.04. The number of esters is 1. The van der Waals surface area contributed by atoms with Crippen LogP contribution in [0.15, 0.2) is 24.3 Å². The van der Waals surface area contributed by atoms with Crippen molar-refractivity contribution < 1.29 is 14.1 Å². The Labute approximate surface area is 134 Å². The van der Waals surface area contributed by atoms with E-state index in [0.717, 1.165) is 17.2 Å². The van der Waals surface area contributed by atoms with Gasteiger partial charge in [0.25, 0.3) is 0 Å². The first-order valence-electron chi connectivity index (χ1n) is 7.09. The summed E-state index contributed by atoms with van der Waals surface area (Å²) < 4.78 is 9.44. The van der Waals surface area contributed by atoms with Crippen LogP contribution in [0.4, 0.5) is 5.69 Å². The van der Waals surface area contributed by atoms with Crippen molar-refractivity contribution in [1.29, 1.82) is 0 Å². The van der Waals surface area contributed by atoms with E-state index in [-0.39, 0.29) is 12.5 Å². The molecule has 1 aromatic heterocycles. The maximum atomic E-state index is 11.5. The summed E-state index contributed by atoms with van der Waals surface area (Å²) in [4.78, 5) is 13.4. The van der Waals surface area contributed by atoms with E-state index in [4.69, 9.17) is 17.0 Å². The van der Waals surface area contributed by atoms with Gasteiger partial charge < -0.3 is 9.64 Å². The molecule has 1 N–H and O–H groups in total. The van der Waals surface area contributed by atoms with Gasteiger partial charge in [-0.05, 0) is 43.4 Å². The lowest BCUT2D eigenvalue weighted by Crippen LogP contribution is -2.34. The van der Waals surface area contributed by atoms with Crippen LogP contribution >= 0.6 is 12.2 Å². The highest BCUT2D eigenvalue weighted by atomic mass is 32.1. The molecular weight excluding hydrogens is 300 g/mol. The number of hydrogen-bond acceptors (Lipinski definition) is 4. The molecule has 0 amide bonds. The summed E-state index contributed by atoms with van der Waals surface area (Å²) in [6, 6.07) is 7.88. The maximum Gasteiger partial charge on any atom is 0.328 e. The SMILES string of the molecule is CCOC(=O)CN(C)c1ccc(-[n+]2c(C)n(C)[nH]c2=S)cc1. The Kier molecular flexibility index (Phi) is 4.97. The Balaban J connectivity index is 2.20. The summed E-state index contributed by atoms with van der Waals surface area (Å²) in [5.74, 6) is 0.780. The number of nitrogens with one attached hydrogen (secondary N) is 1. The summed E-state index contributed by atoms with van der Waals surface area (Å²) in [5, 5.41) is 3.07. The Morgan fingerprint density at radius 3 is 2.55 bits per heavy atom. The Morgan fingerprint density at radius 2 is 2.05 bits per heavy atom. The molecule has 0 atom stereocenters. The molecule has 22 heavy (non-hydrogen) atoms. The Bertz CT molecular complexity index is 718. The second-order valence-corrected chi connectivity index (χ2v) is 5.42. The van der Waals surface area contributed by atoms with Gasteiger partial charge in [-0.2, -0.15) is 9.25 Å². The highest BCUT2D eigenvalue weighted by molar-refractivity contribution is 7.71. The molecule has 1 heterocycles. The third-order valence-electron chi connectivity index (χ3n) is 3.50. The Morgan fingerprint density at radius 1 is 1.41 bits per heavy atom. The first-order chi connectivity index (χ1) is 10.4. The summed E-state index contributed by atoms with van der Waals surface area (Å²) >= 11 is 5.33. The number of ether oxygens (including phenoxy) is 1. The molecule has 0 saturated heterocycles. The van der Waals surface area contributed by atoms with Crippen molar-refractivity contribution >= 4 is 23.9 Å². The molecule has 0 aliphatic heterocycles. The number of carbonyl (C=O) groups excluding carboxylic acids is 1. The number of nitrogens with zero attached hydrogens (tertiary/aromatic N) is 3. The average molecular weight is 321 g/mol. The van der Waals surface area contributed by atoms with E-state index < -0.39 is 0 Å². The van der Waals surface area contributed by atoms with Gasteiger partial charge in [0.05, 0.1) is 13.7 Å². The van der Waals surface area contributed by atoms with Crippen molar-refractivity contribution in [1.82, 2.24) is 9.78 Å². The molecule has 1 aromatic carbocycles. The van der Waals surface area contributed by atoms with Crippen molar-refractivity contribution in [3.63, 3.8) is 0 Å². The molecule has 0 fully saturated rings. The summed E-state index contributed by atoms with van der Waals surface area (Å²) in [7, 11) is 3.78. The monoisotopic (exact) mass is 321 g/mol. The largest absolute Gasteiger partial charge is 0.465 e. The van der Waals surface area contributed by atoms with Gasteiger partial charge >= 0.3 is 10.7 Å². The summed E-state index contributed by atoms with van der Waals surface area (Å²) in [6.07, 6.45) is 0. The van der Waals surface area contributed by atoms with Crippen molar-refractivity contribution in [3.05, 3.63) is 34.9 Å². The first kappa shape index (κ1) is 16.2. The van der Waals surface area contributed by atoms with Crippen LogP contribution < -0.4 is 9.47 Å². The molecule has 7 heteroatoms. The number of anilines is 1. The number of H-pyrrole nitrogens is 1. The van der Waals surface area contributed by atoms with Crippen LogP contribution in [0.2, 0.25) is 0 Å². The number of rotatable bonds is 5. The van der Waals surface area contributed by atoms with Crippen LogP contribution in [0.5, 0.6) is 0 Å². The van der Waals surface area contributed by atoms with Gasteiger partial charge in [-0.15, -0.1) is 5.10 Å². The zero-order valence-corrected chi connectivity index (χ0v) is 14.1. The third-order valence-corrected chi connectivity index (χ3v) is 3.77. The van der Waals surface area contributed by atoms with E-state index >= 15 is 0 Å². The Hall–Kier alpha value is -2.15. The molecule has 2 aromatic rings. The van der Waals surface area contributed by atoms with Crippen LogP contribution in [0.3, 0.4) is 0 Å². The quantitative estimate of drug-likeness (QED) is 0.517. The maximum absolute atomic E-state index is 11.5. The topological polar surface area (TPSA) is 54.1 Å². The standard InChI is InChI=1S/C15H20N4O2S/c1-5-21-14(20)10-17(3)12-6-8-13(9-7-12)19-11(2)18(4)16-15(19)22/h6-9H,5,10H2,1-4H3/p+1. The van der Waals surface area contributed by atoms with Crippen LogP contribution in [-0.4, -0.2) is 35.9 Å². The minimum atomic E-state index is -0.232. The van der Waals surface area contributed by atoms with Gasteiger partial charge in [-0.3, -0.25) is 4.79 Å². The zero-order chi connectivity index (χ0) is 16.3. The third kappa shape index (κ3) is 3.36. The highest BCUT2D eigenvalue weighted by Crippen LogP contribution is 2.14. The van der Waals surface area contributed by atoms with Crippen molar-refractivity contribution in [2.45, 2.75) is 13.8 Å². The average Bonchev–Trinajstić information content (AvgIpc) is 2.72. The predicted molar refractivity (Wildman–Crippen MR) is 86.8 cm³/mol. The second kappa shape index (κ2) is 6.74. The van der Waals surface area contributed by atoms with E-state index in [1.807, 2.05) is 59.4 Å². The molecule has 0 aliphatic rings. The lowest BCUT2D eigenvalue weighted by molar-refractivity contribution is -0.610. The van der Waals surface area contributed by atoms with Crippen molar-refractivity contribution in [2.75, 3.05) is 25.1 Å². The summed E-state index contributed by atoms with van der Waals surface area (Å²) in [6.45, 7) is 4.42. The minimum Gasteiger partial charge on any atom is -0.465 e. The number of aryl methyl sites for hydroxylation is 1. The first-order valence-corrected chi connectivity index (χ1v) is 7.49. The van der Waals surface area contributed by atoms with Crippen LogP contribution in [0.1, 0.15) is 12.7 Å². The number of aromatic nitrogens is 3. The fourth-order valence-electron chi connectivity index (χ4n) is 2.22. The molecule has 0 unspecified atom stereocenters.